The second kappa shape index (κ2) is 15.9. The minimum absolute atomic E-state index is 0.0872. The van der Waals surface area contributed by atoms with Gasteiger partial charge in [-0.05, 0) is 90.8 Å². The van der Waals surface area contributed by atoms with Gasteiger partial charge >= 0.3 is 0 Å². The fourth-order valence-electron chi connectivity index (χ4n) is 6.17. The second-order valence-electron chi connectivity index (χ2n) is 12.2. The van der Waals surface area contributed by atoms with Gasteiger partial charge < -0.3 is 20.4 Å². The van der Waals surface area contributed by atoms with Crippen LogP contribution in [-0.2, 0) is 32.0 Å². The molecule has 2 saturated heterocycles. The number of anilines is 2. The van der Waals surface area contributed by atoms with Gasteiger partial charge in [-0.25, -0.2) is 9.97 Å². The third-order valence-electron chi connectivity index (χ3n) is 8.70. The molecule has 0 bridgehead atoms. The van der Waals surface area contributed by atoms with E-state index in [1.807, 2.05) is 36.4 Å². The van der Waals surface area contributed by atoms with Crippen molar-refractivity contribution in [2.75, 3.05) is 23.7 Å². The first kappa shape index (κ1) is 33.1. The van der Waals surface area contributed by atoms with Crippen molar-refractivity contribution < 1.29 is 19.2 Å². The van der Waals surface area contributed by atoms with E-state index < -0.39 is 12.1 Å². The summed E-state index contributed by atoms with van der Waals surface area (Å²) in [5.74, 6) is 0.142. The van der Waals surface area contributed by atoms with Crippen molar-refractivity contribution in [3.63, 3.8) is 0 Å². The Morgan fingerprint density at radius 2 is 1.12 bits per heavy atom. The maximum absolute atomic E-state index is 13.2. The molecule has 0 aliphatic carbocycles. The summed E-state index contributed by atoms with van der Waals surface area (Å²) in [5.41, 5.74) is 3.27. The average Bonchev–Trinajstić information content (AvgIpc) is 3.64. The van der Waals surface area contributed by atoms with E-state index in [4.69, 9.17) is 0 Å². The first-order chi connectivity index (χ1) is 23.9. The molecule has 0 aromatic carbocycles. The predicted molar refractivity (Wildman–Crippen MR) is 185 cm³/mol. The maximum Gasteiger partial charge on any atom is 0.248 e. The molecule has 12 heteroatoms. The lowest BCUT2D eigenvalue weighted by atomic mass is 10.00. The lowest BCUT2D eigenvalue weighted by Crippen LogP contribution is -2.50. The summed E-state index contributed by atoms with van der Waals surface area (Å²) in [7, 11) is 0. The number of hydrogen-bond donors (Lipinski definition) is 2. The van der Waals surface area contributed by atoms with Gasteiger partial charge in [0.1, 0.15) is 23.7 Å². The van der Waals surface area contributed by atoms with E-state index in [1.165, 1.54) is 0 Å². The number of nitrogens with zero attached hydrogens (tertiary/aromatic N) is 6. The third-order valence-corrected chi connectivity index (χ3v) is 8.70. The number of amides is 4. The number of carbonyl (C=O) groups is 4. The van der Waals surface area contributed by atoms with Crippen molar-refractivity contribution in [1.82, 2.24) is 29.7 Å². The van der Waals surface area contributed by atoms with Crippen LogP contribution in [0.5, 0.6) is 0 Å². The zero-order valence-electron chi connectivity index (χ0n) is 27.1. The molecular weight excluding hydrogens is 620 g/mol. The average molecular weight is 659 g/mol. The summed E-state index contributed by atoms with van der Waals surface area (Å²) in [4.78, 5) is 72.4. The zero-order chi connectivity index (χ0) is 34.0. The van der Waals surface area contributed by atoms with Gasteiger partial charge in [0.05, 0.1) is 12.8 Å². The Kier molecular flexibility index (Phi) is 10.7. The smallest absolute Gasteiger partial charge is 0.248 e. The van der Waals surface area contributed by atoms with Crippen LogP contribution in [-0.4, -0.2) is 78.5 Å². The number of aromatic nitrogens is 4. The van der Waals surface area contributed by atoms with Crippen LogP contribution in [0.1, 0.15) is 54.4 Å². The second-order valence-corrected chi connectivity index (χ2v) is 12.2. The number of piperidine rings is 1. The third kappa shape index (κ3) is 8.78. The van der Waals surface area contributed by atoms with Crippen LogP contribution in [0.2, 0.25) is 0 Å². The highest BCUT2D eigenvalue weighted by atomic mass is 16.2. The molecule has 49 heavy (non-hydrogen) atoms. The van der Waals surface area contributed by atoms with Crippen molar-refractivity contribution in [3.8, 4) is 0 Å². The van der Waals surface area contributed by atoms with Gasteiger partial charge in [-0.1, -0.05) is 24.3 Å². The summed E-state index contributed by atoms with van der Waals surface area (Å²) >= 11 is 0. The number of carbonyl (C=O) groups excluding carboxylic acids is 4. The van der Waals surface area contributed by atoms with Crippen LogP contribution < -0.4 is 10.6 Å². The largest absolute Gasteiger partial charge is 0.330 e. The first-order valence-electron chi connectivity index (χ1n) is 16.5. The fourth-order valence-corrected chi connectivity index (χ4v) is 6.17. The van der Waals surface area contributed by atoms with E-state index in [0.29, 0.717) is 37.6 Å². The van der Waals surface area contributed by atoms with Gasteiger partial charge in [-0.15, -0.1) is 0 Å². The maximum atomic E-state index is 13.2. The van der Waals surface area contributed by atoms with E-state index in [2.05, 4.69) is 30.6 Å². The van der Waals surface area contributed by atoms with Gasteiger partial charge in [0.2, 0.25) is 23.6 Å². The van der Waals surface area contributed by atoms with E-state index in [0.717, 1.165) is 41.5 Å². The first-order valence-corrected chi connectivity index (χ1v) is 16.5. The molecule has 2 aliphatic heterocycles. The van der Waals surface area contributed by atoms with Gasteiger partial charge in [-0.3, -0.25) is 29.1 Å². The summed E-state index contributed by atoms with van der Waals surface area (Å²) in [6.07, 6.45) is 17.9. The molecule has 0 unspecified atom stereocenters. The van der Waals surface area contributed by atoms with Gasteiger partial charge in [-0.2, -0.15) is 0 Å². The number of nitrogens with one attached hydrogen (secondary N) is 2. The predicted octanol–water partition coefficient (Wildman–Crippen LogP) is 4.17. The number of pyridine rings is 4. The van der Waals surface area contributed by atoms with Crippen molar-refractivity contribution in [2.45, 2.75) is 57.0 Å². The molecule has 12 nitrogen and oxygen atoms in total. The lowest BCUT2D eigenvalue weighted by Gasteiger charge is -2.34. The van der Waals surface area contributed by atoms with Crippen LogP contribution in [0.3, 0.4) is 0 Å². The van der Waals surface area contributed by atoms with E-state index in [9.17, 15) is 19.2 Å². The quantitative estimate of drug-likeness (QED) is 0.258. The SMILES string of the molecule is O=C(Nc1ccc(/C=C/c2ccc(NC(=O)[C@@H]3CCCN3C(=O)Cc3cccnc3)nc2)cn1)[C@@H]1CCCCN1C(=O)Cc1cccnc1. The molecule has 2 atom stereocenters. The molecule has 0 saturated carbocycles. The topological polar surface area (TPSA) is 150 Å². The number of hydrogen-bond acceptors (Lipinski definition) is 8. The fraction of sp³-hybridized carbons (Fsp3) is 0.297. The Labute approximate surface area is 284 Å². The highest BCUT2D eigenvalue weighted by molar-refractivity contribution is 5.98. The molecular formula is C37H38N8O4. The molecule has 2 N–H and O–H groups in total. The molecule has 250 valence electrons. The minimum atomic E-state index is -0.545. The molecule has 2 fully saturated rings. The highest BCUT2D eigenvalue weighted by Gasteiger charge is 2.34. The summed E-state index contributed by atoms with van der Waals surface area (Å²) in [5, 5.41) is 5.72. The van der Waals surface area contributed by atoms with Crippen LogP contribution >= 0.6 is 0 Å². The van der Waals surface area contributed by atoms with E-state index in [-0.39, 0.29) is 36.5 Å². The molecule has 6 heterocycles. The molecule has 4 aromatic heterocycles. The van der Waals surface area contributed by atoms with Crippen LogP contribution in [0.15, 0.2) is 85.7 Å². The Balaban J connectivity index is 0.994. The zero-order valence-corrected chi connectivity index (χ0v) is 27.1. The van der Waals surface area contributed by atoms with Crippen LogP contribution in [0.25, 0.3) is 12.2 Å². The van der Waals surface area contributed by atoms with Crippen molar-refractivity contribution >= 4 is 47.4 Å². The highest BCUT2D eigenvalue weighted by Crippen LogP contribution is 2.22. The molecule has 0 radical (unpaired) electrons. The summed E-state index contributed by atoms with van der Waals surface area (Å²) in [6.45, 7) is 1.09. The molecule has 0 spiro atoms. The van der Waals surface area contributed by atoms with Crippen LogP contribution in [0.4, 0.5) is 11.6 Å². The van der Waals surface area contributed by atoms with Crippen molar-refractivity contribution in [2.24, 2.45) is 0 Å². The van der Waals surface area contributed by atoms with Gasteiger partial charge in [0.25, 0.3) is 0 Å². The molecule has 4 aromatic rings. The van der Waals surface area contributed by atoms with Crippen LogP contribution in [0, 0.1) is 0 Å². The molecule has 4 amide bonds. The minimum Gasteiger partial charge on any atom is -0.330 e. The van der Waals surface area contributed by atoms with Crippen molar-refractivity contribution in [1.29, 1.82) is 0 Å². The number of rotatable bonds is 10. The molecule has 6 rings (SSSR count). The van der Waals surface area contributed by atoms with Crippen molar-refractivity contribution in [3.05, 3.63) is 108 Å². The normalized spacial score (nSPS) is 17.6. The van der Waals surface area contributed by atoms with E-state index in [1.54, 1.807) is 71.2 Å². The Bertz CT molecular complexity index is 1780. The monoisotopic (exact) mass is 658 g/mol. The van der Waals surface area contributed by atoms with E-state index >= 15 is 0 Å². The van der Waals surface area contributed by atoms with Gasteiger partial charge in [0, 0.05) is 50.3 Å². The lowest BCUT2D eigenvalue weighted by molar-refractivity contribution is -0.139. The Morgan fingerprint density at radius 3 is 1.57 bits per heavy atom. The Hall–Kier alpha value is -5.78. The standard InChI is InChI=1S/C37H38N8O4/c46-34(20-28-6-3-16-38-22-28)44-18-2-1-8-30(44)36(48)42-32-14-12-26(24-40-32)10-11-27-13-15-33(41-25-27)43-37(49)31-9-5-19-45(31)35(47)21-29-7-4-17-39-23-29/h3-4,6-7,10-17,22-25,30-31H,1-2,5,8-9,18-21H2,(H,40,42,48)(H,41,43,49)/b11-10+/t30-,31-/m0/s1. The van der Waals surface area contributed by atoms with Gasteiger partial charge in [0.15, 0.2) is 0 Å². The summed E-state index contributed by atoms with van der Waals surface area (Å²) < 4.78 is 0. The summed E-state index contributed by atoms with van der Waals surface area (Å²) in [6, 6.07) is 13.4. The Morgan fingerprint density at radius 1 is 0.633 bits per heavy atom. The number of likely N-dealkylation sites (tertiary alicyclic amines) is 2. The molecule has 2 aliphatic rings.